The molecule has 0 aliphatic rings. The van der Waals surface area contributed by atoms with Crippen LogP contribution >= 0.6 is 0 Å². The van der Waals surface area contributed by atoms with Crippen LogP contribution in [0.4, 0.5) is 0 Å². The molecule has 0 radical (unpaired) electrons. The van der Waals surface area contributed by atoms with E-state index in [2.05, 4.69) is 38.1 Å². The van der Waals surface area contributed by atoms with Gasteiger partial charge in [0.25, 0.3) is 0 Å². The second kappa shape index (κ2) is 8.52. The molecule has 0 aliphatic heterocycles. The predicted molar refractivity (Wildman–Crippen MR) is 94.4 cm³/mol. The van der Waals surface area contributed by atoms with Crippen LogP contribution in [0.3, 0.4) is 0 Å². The highest BCUT2D eigenvalue weighted by Gasteiger charge is 2.17. The number of hydrogen-bond donors (Lipinski definition) is 0. The topological polar surface area (TPSA) is 26.3 Å². The number of carbonyl (C=O) groups excluding carboxylic acids is 1. The van der Waals surface area contributed by atoms with Crippen molar-refractivity contribution >= 4 is 5.97 Å². The van der Waals surface area contributed by atoms with E-state index in [1.807, 2.05) is 37.3 Å². The van der Waals surface area contributed by atoms with E-state index >= 15 is 0 Å². The highest BCUT2D eigenvalue weighted by atomic mass is 16.5. The van der Waals surface area contributed by atoms with Crippen molar-refractivity contribution in [2.45, 2.75) is 52.1 Å². The first-order chi connectivity index (χ1) is 11.1. The van der Waals surface area contributed by atoms with Crippen molar-refractivity contribution < 1.29 is 9.53 Å². The average Bonchev–Trinajstić information content (AvgIpc) is 2.56. The molecule has 0 aliphatic carbocycles. The number of rotatable bonds is 7. The number of ether oxygens (including phenoxy) is 1. The van der Waals surface area contributed by atoms with E-state index in [0.29, 0.717) is 18.8 Å². The molecule has 0 heterocycles. The zero-order valence-electron chi connectivity index (χ0n) is 14.3. The van der Waals surface area contributed by atoms with Crippen molar-refractivity contribution in [3.63, 3.8) is 0 Å². The molecule has 0 spiro atoms. The van der Waals surface area contributed by atoms with E-state index in [-0.39, 0.29) is 12.1 Å². The van der Waals surface area contributed by atoms with Crippen LogP contribution in [0, 0.1) is 0 Å². The Hall–Kier alpha value is -2.09. The van der Waals surface area contributed by atoms with Gasteiger partial charge >= 0.3 is 5.97 Å². The molecule has 2 aromatic rings. The molecule has 0 saturated carbocycles. The Morgan fingerprint density at radius 3 is 2.17 bits per heavy atom. The van der Waals surface area contributed by atoms with Gasteiger partial charge in [-0.1, -0.05) is 75.4 Å². The zero-order valence-corrected chi connectivity index (χ0v) is 14.3. The molecule has 2 heteroatoms. The van der Waals surface area contributed by atoms with Gasteiger partial charge in [-0.05, 0) is 29.0 Å². The number of hydrogen-bond acceptors (Lipinski definition) is 2. The molecule has 0 aromatic heterocycles. The van der Waals surface area contributed by atoms with Gasteiger partial charge in [-0.2, -0.15) is 0 Å². The van der Waals surface area contributed by atoms with E-state index < -0.39 is 0 Å². The van der Waals surface area contributed by atoms with Gasteiger partial charge in [0.2, 0.25) is 0 Å². The lowest BCUT2D eigenvalue weighted by molar-refractivity contribution is -0.149. The Kier molecular flexibility index (Phi) is 6.40. The maximum Gasteiger partial charge on any atom is 0.306 e. The summed E-state index contributed by atoms with van der Waals surface area (Å²) in [4.78, 5) is 11.9. The van der Waals surface area contributed by atoms with Gasteiger partial charge in [0.05, 0.1) is 0 Å². The Morgan fingerprint density at radius 2 is 1.61 bits per heavy atom. The van der Waals surface area contributed by atoms with E-state index in [4.69, 9.17) is 4.74 Å². The van der Waals surface area contributed by atoms with Crippen LogP contribution < -0.4 is 0 Å². The Bertz CT molecular complexity index is 599. The Labute approximate surface area is 139 Å². The molecule has 122 valence electrons. The van der Waals surface area contributed by atoms with Crippen LogP contribution in [-0.2, 0) is 16.0 Å². The molecular formula is C21H26O2. The molecule has 0 N–H and O–H groups in total. The fourth-order valence-electron chi connectivity index (χ4n) is 2.57. The molecule has 2 rings (SSSR count). The number of esters is 1. The molecule has 0 fully saturated rings. The largest absolute Gasteiger partial charge is 0.457 e. The zero-order chi connectivity index (χ0) is 16.7. The molecule has 0 bridgehead atoms. The van der Waals surface area contributed by atoms with Crippen molar-refractivity contribution in [3.05, 3.63) is 71.3 Å². The standard InChI is InChI=1S/C21H26O2/c1-4-8-21(22)23-20(19-9-6-5-7-10-19)15-17-11-13-18(14-12-17)16(2)3/h5-7,9-14,16,20H,4,8,15H2,1-3H3/t20-/m0/s1. The maximum atomic E-state index is 11.9. The molecule has 0 amide bonds. The van der Waals surface area contributed by atoms with E-state index in [1.165, 1.54) is 11.1 Å². The van der Waals surface area contributed by atoms with Crippen molar-refractivity contribution in [3.8, 4) is 0 Å². The van der Waals surface area contributed by atoms with Crippen LogP contribution in [0.15, 0.2) is 54.6 Å². The Morgan fingerprint density at radius 1 is 0.957 bits per heavy atom. The monoisotopic (exact) mass is 310 g/mol. The third-order valence-corrected chi connectivity index (χ3v) is 3.97. The first-order valence-corrected chi connectivity index (χ1v) is 8.43. The lowest BCUT2D eigenvalue weighted by atomic mass is 9.97. The SMILES string of the molecule is CCCC(=O)O[C@@H](Cc1ccc(C(C)C)cc1)c1ccccc1. The van der Waals surface area contributed by atoms with Crippen LogP contribution in [0.2, 0.25) is 0 Å². The highest BCUT2D eigenvalue weighted by Crippen LogP contribution is 2.24. The predicted octanol–water partition coefficient (Wildman–Crippen LogP) is 5.44. The summed E-state index contributed by atoms with van der Waals surface area (Å²) in [6.45, 7) is 6.37. The summed E-state index contributed by atoms with van der Waals surface area (Å²) < 4.78 is 5.72. The molecular weight excluding hydrogens is 284 g/mol. The van der Waals surface area contributed by atoms with Gasteiger partial charge in [-0.3, -0.25) is 4.79 Å². The van der Waals surface area contributed by atoms with Crippen molar-refractivity contribution in [1.29, 1.82) is 0 Å². The first-order valence-electron chi connectivity index (χ1n) is 8.43. The van der Waals surface area contributed by atoms with Gasteiger partial charge in [0, 0.05) is 12.8 Å². The lowest BCUT2D eigenvalue weighted by Crippen LogP contribution is -2.13. The molecule has 2 aromatic carbocycles. The third-order valence-electron chi connectivity index (χ3n) is 3.97. The van der Waals surface area contributed by atoms with Crippen LogP contribution in [-0.4, -0.2) is 5.97 Å². The van der Waals surface area contributed by atoms with Gasteiger partial charge in [-0.25, -0.2) is 0 Å². The summed E-state index contributed by atoms with van der Waals surface area (Å²) in [5.74, 6) is 0.400. The lowest BCUT2D eigenvalue weighted by Gasteiger charge is -2.19. The van der Waals surface area contributed by atoms with Gasteiger partial charge in [-0.15, -0.1) is 0 Å². The maximum absolute atomic E-state index is 11.9. The van der Waals surface area contributed by atoms with Gasteiger partial charge in [0.1, 0.15) is 6.10 Å². The molecule has 2 nitrogen and oxygen atoms in total. The van der Waals surface area contributed by atoms with Crippen LogP contribution in [0.1, 0.15) is 62.3 Å². The number of benzene rings is 2. The Balaban J connectivity index is 2.15. The van der Waals surface area contributed by atoms with E-state index in [1.54, 1.807) is 0 Å². The second-order valence-electron chi connectivity index (χ2n) is 6.24. The highest BCUT2D eigenvalue weighted by molar-refractivity contribution is 5.69. The fraction of sp³-hybridized carbons (Fsp3) is 0.381. The van der Waals surface area contributed by atoms with Crippen molar-refractivity contribution in [2.75, 3.05) is 0 Å². The first kappa shape index (κ1) is 17.3. The number of carbonyl (C=O) groups is 1. The minimum Gasteiger partial charge on any atom is -0.457 e. The van der Waals surface area contributed by atoms with Gasteiger partial charge in [0.15, 0.2) is 0 Å². The third kappa shape index (κ3) is 5.24. The average molecular weight is 310 g/mol. The van der Waals surface area contributed by atoms with Crippen LogP contribution in [0.25, 0.3) is 0 Å². The minimum atomic E-state index is -0.222. The normalized spacial score (nSPS) is 12.2. The summed E-state index contributed by atoms with van der Waals surface area (Å²) >= 11 is 0. The van der Waals surface area contributed by atoms with E-state index in [0.717, 1.165) is 12.0 Å². The summed E-state index contributed by atoms with van der Waals surface area (Å²) in [6, 6.07) is 18.6. The second-order valence-corrected chi connectivity index (χ2v) is 6.24. The van der Waals surface area contributed by atoms with Crippen molar-refractivity contribution in [1.82, 2.24) is 0 Å². The van der Waals surface area contributed by atoms with Crippen LogP contribution in [0.5, 0.6) is 0 Å². The molecule has 1 atom stereocenters. The summed E-state index contributed by atoms with van der Waals surface area (Å²) in [5.41, 5.74) is 3.56. The summed E-state index contributed by atoms with van der Waals surface area (Å²) in [7, 11) is 0. The smallest absolute Gasteiger partial charge is 0.306 e. The molecule has 23 heavy (non-hydrogen) atoms. The molecule has 0 unspecified atom stereocenters. The quantitative estimate of drug-likeness (QED) is 0.637. The van der Waals surface area contributed by atoms with E-state index in [9.17, 15) is 4.79 Å². The van der Waals surface area contributed by atoms with Crippen molar-refractivity contribution in [2.24, 2.45) is 0 Å². The fourth-order valence-corrected chi connectivity index (χ4v) is 2.57. The minimum absolute atomic E-state index is 0.125. The summed E-state index contributed by atoms with van der Waals surface area (Å²) in [6.07, 6.45) is 1.76. The van der Waals surface area contributed by atoms with Gasteiger partial charge < -0.3 is 4.74 Å². The molecule has 0 saturated heterocycles. The summed E-state index contributed by atoms with van der Waals surface area (Å²) in [5, 5.41) is 0.